The number of benzene rings is 3. The number of phenols is 1. The summed E-state index contributed by atoms with van der Waals surface area (Å²) in [6.45, 7) is 0.534. The van der Waals surface area contributed by atoms with Gasteiger partial charge in [0.1, 0.15) is 17.5 Å². The summed E-state index contributed by atoms with van der Waals surface area (Å²) in [5.74, 6) is -0.0688. The Morgan fingerprint density at radius 3 is 2.47 bits per heavy atom. The number of nitrogens with one attached hydrogen (secondary N) is 1. The molecule has 2 aliphatic heterocycles. The second-order valence-corrected chi connectivity index (χ2v) is 8.25. The molecule has 1 fully saturated rings. The number of phenolic OH excluding ortho intramolecular Hbond substituents is 1. The van der Waals surface area contributed by atoms with Crippen LogP contribution in [0.4, 0.5) is 5.69 Å². The minimum atomic E-state index is -0.786. The molecule has 0 aliphatic carbocycles. The summed E-state index contributed by atoms with van der Waals surface area (Å²) in [6, 6.07) is 20.2. The van der Waals surface area contributed by atoms with E-state index in [0.717, 1.165) is 11.1 Å². The smallest absolute Gasteiger partial charge is 0.260 e. The van der Waals surface area contributed by atoms with Crippen LogP contribution in [0.1, 0.15) is 10.4 Å². The Labute approximate surface area is 196 Å². The third-order valence-electron chi connectivity index (χ3n) is 6.11. The molecular formula is C26H23N3O5. The van der Waals surface area contributed by atoms with Crippen LogP contribution in [0.15, 0.2) is 72.8 Å². The Bertz CT molecular complexity index is 1240. The molecule has 3 aromatic carbocycles. The quantitative estimate of drug-likeness (QED) is 0.628. The zero-order valence-electron chi connectivity index (χ0n) is 18.3. The van der Waals surface area contributed by atoms with Crippen molar-refractivity contribution in [2.45, 2.75) is 6.04 Å². The number of piperazine rings is 1. The lowest BCUT2D eigenvalue weighted by Crippen LogP contribution is -2.60. The monoisotopic (exact) mass is 457 g/mol. The number of aromatic hydroxyl groups is 1. The molecule has 2 aliphatic rings. The molecule has 2 N–H and O–H groups in total. The van der Waals surface area contributed by atoms with Crippen LogP contribution in [0.2, 0.25) is 0 Å². The van der Waals surface area contributed by atoms with Crippen LogP contribution in [0.3, 0.4) is 0 Å². The van der Waals surface area contributed by atoms with Crippen LogP contribution >= 0.6 is 0 Å². The van der Waals surface area contributed by atoms with E-state index < -0.39 is 6.04 Å². The number of para-hydroxylation sites is 1. The summed E-state index contributed by atoms with van der Waals surface area (Å²) in [7, 11) is 0. The first-order valence-electron chi connectivity index (χ1n) is 11.0. The van der Waals surface area contributed by atoms with Crippen molar-refractivity contribution in [2.75, 3.05) is 31.6 Å². The van der Waals surface area contributed by atoms with Gasteiger partial charge in [-0.2, -0.15) is 0 Å². The number of carbonyl (C=O) groups is 3. The number of amides is 3. The highest BCUT2D eigenvalue weighted by Crippen LogP contribution is 2.31. The van der Waals surface area contributed by atoms with Crippen molar-refractivity contribution in [1.82, 2.24) is 9.80 Å². The summed E-state index contributed by atoms with van der Waals surface area (Å²) in [5.41, 5.74) is 2.48. The van der Waals surface area contributed by atoms with E-state index >= 15 is 0 Å². The molecule has 3 aromatic rings. The van der Waals surface area contributed by atoms with E-state index in [1.54, 1.807) is 53.4 Å². The lowest BCUT2D eigenvalue weighted by atomic mass is 10.0. The Kier molecular flexibility index (Phi) is 5.63. The number of ether oxygens (including phenoxy) is 1. The highest BCUT2D eigenvalue weighted by atomic mass is 16.5. The molecule has 0 bridgehead atoms. The third kappa shape index (κ3) is 4.17. The Morgan fingerprint density at radius 2 is 1.71 bits per heavy atom. The molecule has 2 heterocycles. The molecule has 34 heavy (non-hydrogen) atoms. The highest BCUT2D eigenvalue weighted by molar-refractivity contribution is 6.10. The summed E-state index contributed by atoms with van der Waals surface area (Å²) in [4.78, 5) is 42.2. The summed E-state index contributed by atoms with van der Waals surface area (Å²) in [5, 5.41) is 12.4. The molecule has 1 saturated heterocycles. The van der Waals surface area contributed by atoms with Gasteiger partial charge in [0.2, 0.25) is 5.91 Å². The standard InChI is InChI=1S/C26H23N3O5/c30-19-9-6-17(7-10-19)18-8-11-22-21(14-18)26(33)29-13-12-28(15-23(29)25(32)27-22)24(31)16-34-20-4-2-1-3-5-20/h1-11,14,23,30H,12-13,15-16H2,(H,27,32). The molecule has 0 radical (unpaired) electrons. The molecule has 8 nitrogen and oxygen atoms in total. The van der Waals surface area contributed by atoms with Crippen LogP contribution in [-0.4, -0.2) is 64.9 Å². The number of rotatable bonds is 4. The predicted octanol–water partition coefficient (Wildman–Crippen LogP) is 2.74. The average Bonchev–Trinajstić information content (AvgIpc) is 2.97. The normalized spacial score (nSPS) is 17.4. The molecule has 8 heteroatoms. The van der Waals surface area contributed by atoms with Gasteiger partial charge in [-0.1, -0.05) is 36.4 Å². The van der Waals surface area contributed by atoms with Crippen LogP contribution in [-0.2, 0) is 9.59 Å². The zero-order chi connectivity index (χ0) is 23.7. The fourth-order valence-corrected chi connectivity index (χ4v) is 4.26. The SMILES string of the molecule is O=C1Nc2ccc(-c3ccc(O)cc3)cc2C(=O)N2CCN(C(=O)COc3ccccc3)CC12. The zero-order valence-corrected chi connectivity index (χ0v) is 18.3. The topological polar surface area (TPSA) is 99.2 Å². The maximum atomic E-state index is 13.4. The third-order valence-corrected chi connectivity index (χ3v) is 6.11. The summed E-state index contributed by atoms with van der Waals surface area (Å²) < 4.78 is 5.55. The van der Waals surface area contributed by atoms with Crippen molar-refractivity contribution < 1.29 is 24.2 Å². The number of nitrogens with zero attached hydrogens (tertiary/aromatic N) is 2. The van der Waals surface area contributed by atoms with Gasteiger partial charge in [0.25, 0.3) is 11.8 Å². The van der Waals surface area contributed by atoms with Gasteiger partial charge in [0.05, 0.1) is 17.8 Å². The first-order chi connectivity index (χ1) is 16.5. The number of carbonyl (C=O) groups excluding carboxylic acids is 3. The van der Waals surface area contributed by atoms with Gasteiger partial charge < -0.3 is 25.0 Å². The predicted molar refractivity (Wildman–Crippen MR) is 126 cm³/mol. The average molecular weight is 457 g/mol. The number of anilines is 1. The molecule has 0 aromatic heterocycles. The molecule has 1 atom stereocenters. The van der Waals surface area contributed by atoms with E-state index in [1.165, 1.54) is 4.90 Å². The molecule has 1 unspecified atom stereocenters. The fraction of sp³-hybridized carbons (Fsp3) is 0.192. The van der Waals surface area contributed by atoms with Crippen molar-refractivity contribution in [2.24, 2.45) is 0 Å². The van der Waals surface area contributed by atoms with E-state index in [4.69, 9.17) is 4.74 Å². The van der Waals surface area contributed by atoms with Crippen molar-refractivity contribution in [3.8, 4) is 22.6 Å². The highest BCUT2D eigenvalue weighted by Gasteiger charge is 2.40. The van der Waals surface area contributed by atoms with Crippen LogP contribution < -0.4 is 10.1 Å². The fourth-order valence-electron chi connectivity index (χ4n) is 4.26. The van der Waals surface area contributed by atoms with E-state index in [2.05, 4.69) is 5.32 Å². The molecule has 0 spiro atoms. The Balaban J connectivity index is 1.33. The molecular weight excluding hydrogens is 434 g/mol. The summed E-state index contributed by atoms with van der Waals surface area (Å²) in [6.07, 6.45) is 0. The van der Waals surface area contributed by atoms with Crippen molar-refractivity contribution in [1.29, 1.82) is 0 Å². The first-order valence-corrected chi connectivity index (χ1v) is 11.0. The summed E-state index contributed by atoms with van der Waals surface area (Å²) >= 11 is 0. The van der Waals surface area contributed by atoms with Gasteiger partial charge in [-0.3, -0.25) is 14.4 Å². The maximum absolute atomic E-state index is 13.4. The second-order valence-electron chi connectivity index (χ2n) is 8.25. The van der Waals surface area contributed by atoms with Crippen LogP contribution in [0, 0.1) is 0 Å². The van der Waals surface area contributed by atoms with Gasteiger partial charge in [0.15, 0.2) is 6.61 Å². The number of hydrogen-bond acceptors (Lipinski definition) is 5. The molecule has 0 saturated carbocycles. The second kappa shape index (κ2) is 8.90. The van der Waals surface area contributed by atoms with Crippen molar-refractivity contribution in [3.05, 3.63) is 78.4 Å². The van der Waals surface area contributed by atoms with Gasteiger partial charge in [-0.05, 0) is 47.5 Å². The van der Waals surface area contributed by atoms with Crippen LogP contribution in [0.25, 0.3) is 11.1 Å². The minimum absolute atomic E-state index is 0.105. The lowest BCUT2D eigenvalue weighted by Gasteiger charge is -2.39. The van der Waals surface area contributed by atoms with Crippen molar-refractivity contribution in [3.63, 3.8) is 0 Å². The molecule has 3 amide bonds. The van der Waals surface area contributed by atoms with Crippen molar-refractivity contribution >= 4 is 23.4 Å². The van der Waals surface area contributed by atoms with Crippen LogP contribution in [0.5, 0.6) is 11.5 Å². The van der Waals surface area contributed by atoms with Gasteiger partial charge in [0, 0.05) is 13.1 Å². The Morgan fingerprint density at radius 1 is 0.971 bits per heavy atom. The van der Waals surface area contributed by atoms with Gasteiger partial charge >= 0.3 is 0 Å². The Hall–Kier alpha value is -4.33. The van der Waals surface area contributed by atoms with Gasteiger partial charge in [-0.15, -0.1) is 0 Å². The van der Waals surface area contributed by atoms with E-state index in [9.17, 15) is 19.5 Å². The maximum Gasteiger partial charge on any atom is 0.260 e. The molecule has 5 rings (SSSR count). The largest absolute Gasteiger partial charge is 0.508 e. The lowest BCUT2D eigenvalue weighted by molar-refractivity contribution is -0.137. The van der Waals surface area contributed by atoms with E-state index in [1.807, 2.05) is 24.3 Å². The van der Waals surface area contributed by atoms with Gasteiger partial charge in [-0.25, -0.2) is 0 Å². The van der Waals surface area contributed by atoms with E-state index in [-0.39, 0.29) is 43.2 Å². The number of fused-ring (bicyclic) bond motifs is 2. The minimum Gasteiger partial charge on any atom is -0.508 e. The molecule has 172 valence electrons. The first kappa shape index (κ1) is 21.5. The van der Waals surface area contributed by atoms with E-state index in [0.29, 0.717) is 23.5 Å². The number of hydrogen-bond donors (Lipinski definition) is 2.